The van der Waals surface area contributed by atoms with Gasteiger partial charge in [-0.1, -0.05) is 30.2 Å². The van der Waals surface area contributed by atoms with E-state index in [9.17, 15) is 10.2 Å². The van der Waals surface area contributed by atoms with Crippen LogP contribution in [-0.4, -0.2) is 42.1 Å². The molecule has 1 aliphatic carbocycles. The lowest BCUT2D eigenvalue weighted by Crippen LogP contribution is -2.35. The number of aliphatic hydroxyl groups is 2. The molecule has 0 bridgehead atoms. The zero-order valence-electron chi connectivity index (χ0n) is 12.2. The van der Waals surface area contributed by atoms with E-state index in [1.54, 1.807) is 0 Å². The Labute approximate surface area is 131 Å². The lowest BCUT2D eigenvalue weighted by Gasteiger charge is -2.17. The summed E-state index contributed by atoms with van der Waals surface area (Å²) in [5.41, 5.74) is 1.04. The normalized spacial score (nSPS) is 23.4. The third-order valence-electron chi connectivity index (χ3n) is 3.90. The maximum Gasteiger partial charge on any atom is 0.0897 e. The number of aliphatic hydroxyl groups excluding tert-OH is 2. The van der Waals surface area contributed by atoms with E-state index in [2.05, 4.69) is 5.32 Å². The van der Waals surface area contributed by atoms with Crippen LogP contribution >= 0.6 is 11.6 Å². The van der Waals surface area contributed by atoms with Gasteiger partial charge in [0.15, 0.2) is 0 Å². The molecule has 4 nitrogen and oxygen atoms in total. The molecule has 3 N–H and O–H groups in total. The molecule has 1 aromatic carbocycles. The molecule has 0 radical (unpaired) electrons. The minimum atomic E-state index is -0.532. The quantitative estimate of drug-likeness (QED) is 0.686. The molecule has 0 saturated heterocycles. The largest absolute Gasteiger partial charge is 0.393 e. The zero-order chi connectivity index (χ0) is 15.1. The van der Waals surface area contributed by atoms with Gasteiger partial charge in [0, 0.05) is 18.1 Å². The Morgan fingerprint density at radius 3 is 2.71 bits per heavy atom. The van der Waals surface area contributed by atoms with Gasteiger partial charge in [-0.3, -0.25) is 0 Å². The standard InChI is InChI=1S/C16H24ClNO3/c17-14-6-4-12(5-7-14)10-21-11-15(19)9-18-8-13-2-1-3-16(13)20/h4-7,13,15-16,18-20H,1-3,8-11H2. The summed E-state index contributed by atoms with van der Waals surface area (Å²) in [5.74, 6) is 0.326. The van der Waals surface area contributed by atoms with Crippen molar-refractivity contribution in [2.45, 2.75) is 38.1 Å². The third-order valence-corrected chi connectivity index (χ3v) is 4.15. The predicted molar refractivity (Wildman–Crippen MR) is 83.3 cm³/mol. The van der Waals surface area contributed by atoms with Crippen molar-refractivity contribution in [1.82, 2.24) is 5.32 Å². The van der Waals surface area contributed by atoms with E-state index in [1.807, 2.05) is 24.3 Å². The molecule has 21 heavy (non-hydrogen) atoms. The highest BCUT2D eigenvalue weighted by molar-refractivity contribution is 6.30. The van der Waals surface area contributed by atoms with Gasteiger partial charge < -0.3 is 20.3 Å². The molecule has 1 aromatic rings. The van der Waals surface area contributed by atoms with Crippen LogP contribution in [0.5, 0.6) is 0 Å². The molecule has 0 aliphatic heterocycles. The summed E-state index contributed by atoms with van der Waals surface area (Å²) in [6.45, 7) is 2.01. The second-order valence-corrected chi connectivity index (χ2v) is 6.15. The highest BCUT2D eigenvalue weighted by Gasteiger charge is 2.24. The molecule has 0 heterocycles. The Morgan fingerprint density at radius 1 is 1.29 bits per heavy atom. The first kappa shape index (κ1) is 16.7. The molecule has 0 aromatic heterocycles. The SMILES string of the molecule is OC(CNCC1CCCC1O)COCc1ccc(Cl)cc1. The maximum atomic E-state index is 9.84. The van der Waals surface area contributed by atoms with Crippen molar-refractivity contribution in [2.75, 3.05) is 19.7 Å². The minimum absolute atomic E-state index is 0.184. The Morgan fingerprint density at radius 2 is 2.05 bits per heavy atom. The topological polar surface area (TPSA) is 61.7 Å². The van der Waals surface area contributed by atoms with Crippen molar-refractivity contribution in [3.8, 4) is 0 Å². The van der Waals surface area contributed by atoms with Crippen molar-refractivity contribution >= 4 is 11.6 Å². The van der Waals surface area contributed by atoms with Gasteiger partial charge in [0.05, 0.1) is 25.4 Å². The van der Waals surface area contributed by atoms with Crippen LogP contribution in [0.25, 0.3) is 0 Å². The summed E-state index contributed by atoms with van der Waals surface area (Å²) in [5, 5.41) is 23.5. The van der Waals surface area contributed by atoms with Gasteiger partial charge in [-0.2, -0.15) is 0 Å². The highest BCUT2D eigenvalue weighted by Crippen LogP contribution is 2.24. The molecule has 1 fully saturated rings. The third kappa shape index (κ3) is 5.93. The van der Waals surface area contributed by atoms with Crippen LogP contribution in [0.2, 0.25) is 5.02 Å². The van der Waals surface area contributed by atoms with Gasteiger partial charge in [0.1, 0.15) is 0 Å². The Bertz CT molecular complexity index is 412. The zero-order valence-corrected chi connectivity index (χ0v) is 12.9. The Hall–Kier alpha value is -0.650. The van der Waals surface area contributed by atoms with Gasteiger partial charge in [-0.15, -0.1) is 0 Å². The molecule has 3 atom stereocenters. The van der Waals surface area contributed by atoms with E-state index in [0.29, 0.717) is 30.7 Å². The number of hydrogen-bond donors (Lipinski definition) is 3. The highest BCUT2D eigenvalue weighted by atomic mass is 35.5. The molecule has 5 heteroatoms. The molecule has 0 spiro atoms. The van der Waals surface area contributed by atoms with Crippen LogP contribution < -0.4 is 5.32 Å². The number of rotatable bonds is 8. The van der Waals surface area contributed by atoms with Crippen LogP contribution in [0.3, 0.4) is 0 Å². The Balaban J connectivity index is 1.55. The molecule has 1 aliphatic rings. The van der Waals surface area contributed by atoms with Gasteiger partial charge >= 0.3 is 0 Å². The van der Waals surface area contributed by atoms with Crippen LogP contribution in [0.4, 0.5) is 0 Å². The first-order valence-electron chi connectivity index (χ1n) is 7.54. The summed E-state index contributed by atoms with van der Waals surface area (Å²) in [6, 6.07) is 7.47. The van der Waals surface area contributed by atoms with Crippen LogP contribution in [0.1, 0.15) is 24.8 Å². The molecule has 0 amide bonds. The first-order valence-corrected chi connectivity index (χ1v) is 7.92. The summed E-state index contributed by atoms with van der Waals surface area (Å²) in [7, 11) is 0. The molecule has 118 valence electrons. The average Bonchev–Trinajstić information content (AvgIpc) is 2.87. The van der Waals surface area contributed by atoms with E-state index >= 15 is 0 Å². The molecule has 3 unspecified atom stereocenters. The first-order chi connectivity index (χ1) is 10.1. The average molecular weight is 314 g/mol. The number of halogens is 1. The van der Waals surface area contributed by atoms with Gasteiger partial charge in [-0.05, 0) is 36.5 Å². The summed E-state index contributed by atoms with van der Waals surface area (Å²) in [6.07, 6.45) is 2.35. The second-order valence-electron chi connectivity index (χ2n) is 5.71. The maximum absolute atomic E-state index is 9.84. The van der Waals surface area contributed by atoms with E-state index < -0.39 is 6.10 Å². The lowest BCUT2D eigenvalue weighted by atomic mass is 10.1. The van der Waals surface area contributed by atoms with Crippen molar-refractivity contribution in [3.05, 3.63) is 34.9 Å². The van der Waals surface area contributed by atoms with E-state index in [1.165, 1.54) is 0 Å². The molecular formula is C16H24ClNO3. The van der Waals surface area contributed by atoms with Crippen LogP contribution in [-0.2, 0) is 11.3 Å². The number of hydrogen-bond acceptors (Lipinski definition) is 4. The molecule has 1 saturated carbocycles. The van der Waals surface area contributed by atoms with E-state index in [4.69, 9.17) is 16.3 Å². The number of benzene rings is 1. The van der Waals surface area contributed by atoms with E-state index in [0.717, 1.165) is 31.4 Å². The Kier molecular flexibility index (Phi) is 6.93. The summed E-state index contributed by atoms with van der Waals surface area (Å²) in [4.78, 5) is 0. The van der Waals surface area contributed by atoms with Crippen molar-refractivity contribution in [2.24, 2.45) is 5.92 Å². The van der Waals surface area contributed by atoms with Gasteiger partial charge in [-0.25, -0.2) is 0 Å². The summed E-state index contributed by atoms with van der Waals surface area (Å²) >= 11 is 5.81. The van der Waals surface area contributed by atoms with Crippen LogP contribution in [0, 0.1) is 5.92 Å². The number of nitrogens with one attached hydrogen (secondary N) is 1. The van der Waals surface area contributed by atoms with Crippen molar-refractivity contribution in [1.29, 1.82) is 0 Å². The van der Waals surface area contributed by atoms with Crippen LogP contribution in [0.15, 0.2) is 24.3 Å². The van der Waals surface area contributed by atoms with Gasteiger partial charge in [0.25, 0.3) is 0 Å². The van der Waals surface area contributed by atoms with E-state index in [-0.39, 0.29) is 6.10 Å². The fourth-order valence-electron chi connectivity index (χ4n) is 2.64. The fraction of sp³-hybridized carbons (Fsp3) is 0.625. The monoisotopic (exact) mass is 313 g/mol. The fourth-order valence-corrected chi connectivity index (χ4v) is 2.77. The smallest absolute Gasteiger partial charge is 0.0897 e. The second kappa shape index (κ2) is 8.71. The minimum Gasteiger partial charge on any atom is -0.393 e. The predicted octanol–water partition coefficient (Wildman–Crippen LogP) is 1.97. The molecule has 2 rings (SSSR count). The summed E-state index contributed by atoms with van der Waals surface area (Å²) < 4.78 is 5.48. The number of ether oxygens (including phenoxy) is 1. The van der Waals surface area contributed by atoms with Gasteiger partial charge in [0.2, 0.25) is 0 Å². The van der Waals surface area contributed by atoms with Crippen molar-refractivity contribution < 1.29 is 14.9 Å². The molecular weight excluding hydrogens is 290 g/mol. The van der Waals surface area contributed by atoms with Crippen molar-refractivity contribution in [3.63, 3.8) is 0 Å². The lowest BCUT2D eigenvalue weighted by molar-refractivity contribution is 0.0276.